The summed E-state index contributed by atoms with van der Waals surface area (Å²) in [6.45, 7) is 2.37. The van der Waals surface area contributed by atoms with Gasteiger partial charge in [0.2, 0.25) is 0 Å². The van der Waals surface area contributed by atoms with Gasteiger partial charge in [-0.25, -0.2) is 0 Å². The van der Waals surface area contributed by atoms with Crippen LogP contribution in [0.2, 0.25) is 0 Å². The molecule has 0 saturated carbocycles. The van der Waals surface area contributed by atoms with Gasteiger partial charge in [0.25, 0.3) is 0 Å². The van der Waals surface area contributed by atoms with Crippen molar-refractivity contribution >= 4 is 107 Å². The van der Waals surface area contributed by atoms with Gasteiger partial charge in [0.15, 0.2) is 0 Å². The summed E-state index contributed by atoms with van der Waals surface area (Å²) in [5, 5.41) is 10.6. The van der Waals surface area contributed by atoms with Gasteiger partial charge in [0, 0.05) is 78.4 Å². The van der Waals surface area contributed by atoms with Gasteiger partial charge in [0.05, 0.1) is 11.1 Å². The molecule has 1 atom stereocenters. The molecule has 0 radical (unpaired) electrons. The topological polar surface area (TPSA) is 20.7 Å². The molecule has 1 aliphatic rings. The minimum Gasteiger partial charge on any atom is -0.354 e. The summed E-state index contributed by atoms with van der Waals surface area (Å²) in [4.78, 5) is 3.71. The van der Waals surface area contributed by atoms with Crippen LogP contribution in [-0.4, -0.2) is 9.55 Å². The lowest BCUT2D eigenvalue weighted by Crippen LogP contribution is -2.27. The molecular weight excluding hydrogens is 609 g/mol. The molecule has 6 aromatic carbocycles. The van der Waals surface area contributed by atoms with E-state index in [4.69, 9.17) is 0 Å². The Bertz CT molecular complexity index is 3010. The van der Waals surface area contributed by atoms with Gasteiger partial charge in [0.1, 0.15) is 0 Å². The standard InChI is InChI=1S/C43H28N2S2/c1-43(17-7-2-8-18-43)45-37-16-14-26(20-31(37)32-22-34-28-10-4-6-12-40(28)47-42(34)24-38(32)45)25-13-15-35-29(19-25)30-21-33-27-9-3-5-11-39(27)46-41(33)23-36(30)44-35/h2-17,19-24,44H,18H2,1H3. The van der Waals surface area contributed by atoms with Crippen LogP contribution in [0.5, 0.6) is 0 Å². The predicted molar refractivity (Wildman–Crippen MR) is 207 cm³/mol. The molecule has 1 N–H and O–H groups in total. The zero-order chi connectivity index (χ0) is 30.9. The van der Waals surface area contributed by atoms with E-state index in [1.54, 1.807) is 0 Å². The molecule has 10 aromatic rings. The van der Waals surface area contributed by atoms with Crippen molar-refractivity contribution < 1.29 is 0 Å². The Kier molecular flexibility index (Phi) is 5.10. The van der Waals surface area contributed by atoms with Crippen molar-refractivity contribution in [2.45, 2.75) is 18.9 Å². The molecule has 0 fully saturated rings. The Morgan fingerprint density at radius 1 is 0.532 bits per heavy atom. The fraction of sp³-hybridized carbons (Fsp3) is 0.0698. The van der Waals surface area contributed by atoms with Crippen LogP contribution in [0.15, 0.2) is 133 Å². The van der Waals surface area contributed by atoms with Crippen molar-refractivity contribution in [1.29, 1.82) is 0 Å². The van der Waals surface area contributed by atoms with E-state index in [1.807, 2.05) is 22.7 Å². The van der Waals surface area contributed by atoms with Crippen molar-refractivity contribution in [2.24, 2.45) is 0 Å². The first-order chi connectivity index (χ1) is 23.1. The van der Waals surface area contributed by atoms with Gasteiger partial charge >= 0.3 is 0 Å². The molecule has 0 spiro atoms. The monoisotopic (exact) mass is 636 g/mol. The van der Waals surface area contributed by atoms with Crippen LogP contribution >= 0.6 is 22.7 Å². The second kappa shape index (κ2) is 9.22. The lowest BCUT2D eigenvalue weighted by atomic mass is 9.92. The minimum atomic E-state index is -0.138. The van der Waals surface area contributed by atoms with Crippen LogP contribution in [-0.2, 0) is 5.54 Å². The normalized spacial score (nSPS) is 16.9. The summed E-state index contributed by atoms with van der Waals surface area (Å²) >= 11 is 3.77. The summed E-state index contributed by atoms with van der Waals surface area (Å²) in [6, 6.07) is 41.2. The van der Waals surface area contributed by atoms with Crippen molar-refractivity contribution in [3.63, 3.8) is 0 Å². The van der Waals surface area contributed by atoms with E-state index < -0.39 is 0 Å². The number of allylic oxidation sites excluding steroid dienone is 4. The number of rotatable bonds is 2. The van der Waals surface area contributed by atoms with Gasteiger partial charge in [-0.05, 0) is 85.1 Å². The molecule has 4 heterocycles. The van der Waals surface area contributed by atoms with E-state index in [2.05, 4.69) is 150 Å². The maximum atomic E-state index is 3.71. The van der Waals surface area contributed by atoms with E-state index in [9.17, 15) is 0 Å². The zero-order valence-corrected chi connectivity index (χ0v) is 27.3. The maximum Gasteiger partial charge on any atom is 0.0643 e. The molecule has 2 nitrogen and oxygen atoms in total. The van der Waals surface area contributed by atoms with Crippen LogP contribution < -0.4 is 0 Å². The lowest BCUT2D eigenvalue weighted by Gasteiger charge is -2.31. The fourth-order valence-corrected chi connectivity index (χ4v) is 10.4. The Balaban J connectivity index is 1.16. The molecule has 0 saturated heterocycles. The van der Waals surface area contributed by atoms with E-state index in [-0.39, 0.29) is 5.54 Å². The Labute approximate surface area is 278 Å². The number of nitrogens with one attached hydrogen (secondary N) is 1. The summed E-state index contributed by atoms with van der Waals surface area (Å²) < 4.78 is 7.95. The third-order valence-electron chi connectivity index (χ3n) is 10.4. The summed E-state index contributed by atoms with van der Waals surface area (Å²) in [5.74, 6) is 0. The van der Waals surface area contributed by atoms with Gasteiger partial charge in [-0.15, -0.1) is 22.7 Å². The summed E-state index contributed by atoms with van der Waals surface area (Å²) in [7, 11) is 0. The number of hydrogen-bond acceptors (Lipinski definition) is 2. The highest BCUT2D eigenvalue weighted by Gasteiger charge is 2.28. The third kappa shape index (κ3) is 3.60. The Morgan fingerprint density at radius 2 is 1.17 bits per heavy atom. The molecule has 0 aliphatic heterocycles. The second-order valence-corrected chi connectivity index (χ2v) is 15.4. The first-order valence-electron chi connectivity index (χ1n) is 16.2. The highest BCUT2D eigenvalue weighted by atomic mass is 32.1. The van der Waals surface area contributed by atoms with Crippen LogP contribution in [0.3, 0.4) is 0 Å². The minimum absolute atomic E-state index is 0.138. The molecule has 1 unspecified atom stereocenters. The first kappa shape index (κ1) is 26.0. The number of benzene rings is 6. The average Bonchev–Trinajstić information content (AvgIpc) is 3.84. The number of thiophene rings is 2. The molecular formula is C43H28N2S2. The maximum absolute atomic E-state index is 3.71. The van der Waals surface area contributed by atoms with Crippen molar-refractivity contribution in [2.75, 3.05) is 0 Å². The summed E-state index contributed by atoms with van der Waals surface area (Å²) in [5.41, 5.74) is 7.32. The quantitative estimate of drug-likeness (QED) is 0.195. The molecule has 0 amide bonds. The molecule has 47 heavy (non-hydrogen) atoms. The van der Waals surface area contributed by atoms with E-state index in [0.29, 0.717) is 0 Å². The fourth-order valence-electron chi connectivity index (χ4n) is 8.15. The predicted octanol–water partition coefficient (Wildman–Crippen LogP) is 13.1. The van der Waals surface area contributed by atoms with Gasteiger partial charge < -0.3 is 9.55 Å². The Hall–Kier alpha value is -5.16. The lowest BCUT2D eigenvalue weighted by molar-refractivity contribution is 0.438. The molecule has 222 valence electrons. The zero-order valence-electron chi connectivity index (χ0n) is 25.7. The smallest absolute Gasteiger partial charge is 0.0643 e. The number of aromatic nitrogens is 2. The van der Waals surface area contributed by atoms with Crippen molar-refractivity contribution in [3.8, 4) is 11.1 Å². The van der Waals surface area contributed by atoms with Crippen LogP contribution in [0.25, 0.3) is 95.1 Å². The van der Waals surface area contributed by atoms with E-state index in [1.165, 1.54) is 95.1 Å². The molecule has 4 aromatic heterocycles. The van der Waals surface area contributed by atoms with Gasteiger partial charge in [-0.1, -0.05) is 72.8 Å². The second-order valence-electron chi connectivity index (χ2n) is 13.3. The van der Waals surface area contributed by atoms with Crippen molar-refractivity contribution in [3.05, 3.63) is 133 Å². The van der Waals surface area contributed by atoms with E-state index >= 15 is 0 Å². The van der Waals surface area contributed by atoms with Crippen LogP contribution in [0, 0.1) is 0 Å². The largest absolute Gasteiger partial charge is 0.354 e. The number of fused-ring (bicyclic) bond motifs is 12. The highest BCUT2D eigenvalue weighted by Crippen LogP contribution is 2.44. The van der Waals surface area contributed by atoms with Crippen LogP contribution in [0.1, 0.15) is 13.3 Å². The number of hydrogen-bond donors (Lipinski definition) is 1. The van der Waals surface area contributed by atoms with Gasteiger partial charge in [-0.2, -0.15) is 0 Å². The number of aromatic amines is 1. The summed E-state index contributed by atoms with van der Waals surface area (Å²) in [6.07, 6.45) is 10.0. The van der Waals surface area contributed by atoms with E-state index in [0.717, 1.165) is 6.42 Å². The van der Waals surface area contributed by atoms with Crippen molar-refractivity contribution in [1.82, 2.24) is 9.55 Å². The van der Waals surface area contributed by atoms with Crippen LogP contribution in [0.4, 0.5) is 0 Å². The SMILES string of the molecule is CC1(n2c3ccc(-c4ccc5[nH]c6cc7sc8ccccc8c7cc6c5c4)cc3c3cc4c(cc32)sc2ccccc24)C=CC=CC1. The average molecular weight is 637 g/mol. The number of H-pyrrole nitrogens is 1. The third-order valence-corrected chi connectivity index (χ3v) is 12.7. The molecule has 4 heteroatoms. The Morgan fingerprint density at radius 3 is 1.91 bits per heavy atom. The first-order valence-corrected chi connectivity index (χ1v) is 17.9. The molecule has 0 bridgehead atoms. The molecule has 1 aliphatic carbocycles. The van der Waals surface area contributed by atoms with Gasteiger partial charge in [-0.3, -0.25) is 0 Å². The highest BCUT2D eigenvalue weighted by molar-refractivity contribution is 7.26. The molecule has 11 rings (SSSR count). The number of nitrogens with zero attached hydrogens (tertiary/aromatic N) is 1.